The number of ketones is 1. The van der Waals surface area contributed by atoms with E-state index in [9.17, 15) is 4.79 Å². The summed E-state index contributed by atoms with van der Waals surface area (Å²) in [5.74, 6) is 2.20. The van der Waals surface area contributed by atoms with Crippen molar-refractivity contribution >= 4 is 11.5 Å². The van der Waals surface area contributed by atoms with Crippen molar-refractivity contribution in [3.8, 4) is 5.75 Å². The second-order valence-corrected chi connectivity index (χ2v) is 6.14. The van der Waals surface area contributed by atoms with Gasteiger partial charge >= 0.3 is 0 Å². The number of benzene rings is 1. The molecule has 1 aromatic rings. The first-order valence-corrected chi connectivity index (χ1v) is 8.02. The highest BCUT2D eigenvalue weighted by molar-refractivity contribution is 5.82. The molecule has 2 rings (SSSR count). The van der Waals surface area contributed by atoms with Gasteiger partial charge in [-0.1, -0.05) is 31.9 Å². The van der Waals surface area contributed by atoms with E-state index in [0.717, 1.165) is 43.2 Å². The number of ether oxygens (including phenoxy) is 1. The molecule has 0 heterocycles. The number of anilines is 1. The first kappa shape index (κ1) is 15.9. The highest BCUT2D eigenvalue weighted by atomic mass is 16.5. The van der Waals surface area contributed by atoms with Crippen molar-refractivity contribution in [2.45, 2.75) is 39.0 Å². The van der Waals surface area contributed by atoms with Crippen molar-refractivity contribution in [2.24, 2.45) is 11.8 Å². The van der Waals surface area contributed by atoms with Crippen LogP contribution in [0.25, 0.3) is 0 Å². The molecular weight excluding hydrogens is 262 g/mol. The quantitative estimate of drug-likeness (QED) is 0.795. The third-order valence-corrected chi connectivity index (χ3v) is 4.56. The molecule has 0 bridgehead atoms. The van der Waals surface area contributed by atoms with Gasteiger partial charge in [0.1, 0.15) is 11.5 Å². The molecule has 0 amide bonds. The highest BCUT2D eigenvalue weighted by Crippen LogP contribution is 2.32. The first-order valence-electron chi connectivity index (χ1n) is 8.02. The van der Waals surface area contributed by atoms with Crippen LogP contribution < -0.4 is 9.64 Å². The van der Waals surface area contributed by atoms with Gasteiger partial charge in [-0.3, -0.25) is 4.79 Å². The SMILES string of the molecule is CCCC1CCC(=O)C(CN(C)c2ccccc2OC)C1. The van der Waals surface area contributed by atoms with E-state index in [2.05, 4.69) is 24.9 Å². The second kappa shape index (κ2) is 7.48. The molecule has 1 aromatic carbocycles. The van der Waals surface area contributed by atoms with E-state index in [1.165, 1.54) is 12.8 Å². The van der Waals surface area contributed by atoms with Crippen molar-refractivity contribution in [1.82, 2.24) is 0 Å². The number of hydrogen-bond acceptors (Lipinski definition) is 3. The summed E-state index contributed by atoms with van der Waals surface area (Å²) in [5.41, 5.74) is 1.06. The molecule has 1 saturated carbocycles. The molecule has 2 atom stereocenters. The summed E-state index contributed by atoms with van der Waals surface area (Å²) in [6.07, 6.45) is 5.36. The maximum atomic E-state index is 12.2. The van der Waals surface area contributed by atoms with Crippen LogP contribution in [-0.2, 0) is 4.79 Å². The number of carbonyl (C=O) groups excluding carboxylic acids is 1. The van der Waals surface area contributed by atoms with Gasteiger partial charge in [0.25, 0.3) is 0 Å². The van der Waals surface area contributed by atoms with Crippen LogP contribution in [0, 0.1) is 11.8 Å². The number of nitrogens with zero attached hydrogens (tertiary/aromatic N) is 1. The van der Waals surface area contributed by atoms with Crippen LogP contribution >= 0.6 is 0 Å². The zero-order chi connectivity index (χ0) is 15.2. The Kier molecular flexibility index (Phi) is 5.66. The third-order valence-electron chi connectivity index (χ3n) is 4.56. The summed E-state index contributed by atoms with van der Waals surface area (Å²) in [6, 6.07) is 8.00. The lowest BCUT2D eigenvalue weighted by atomic mass is 9.78. The minimum Gasteiger partial charge on any atom is -0.495 e. The molecule has 0 aliphatic heterocycles. The predicted octanol–water partition coefficient (Wildman–Crippen LogP) is 3.92. The van der Waals surface area contributed by atoms with Gasteiger partial charge in [-0.15, -0.1) is 0 Å². The van der Waals surface area contributed by atoms with Gasteiger partial charge in [0.2, 0.25) is 0 Å². The summed E-state index contributed by atoms with van der Waals surface area (Å²) < 4.78 is 5.42. The molecule has 116 valence electrons. The van der Waals surface area contributed by atoms with Crippen LogP contribution in [0.3, 0.4) is 0 Å². The molecule has 2 unspecified atom stereocenters. The van der Waals surface area contributed by atoms with E-state index >= 15 is 0 Å². The van der Waals surface area contributed by atoms with E-state index in [0.29, 0.717) is 5.78 Å². The number of para-hydroxylation sites is 2. The Morgan fingerprint density at radius 1 is 1.33 bits per heavy atom. The maximum absolute atomic E-state index is 12.2. The minimum absolute atomic E-state index is 0.171. The van der Waals surface area contributed by atoms with Crippen LogP contribution in [0.4, 0.5) is 5.69 Å². The van der Waals surface area contributed by atoms with Crippen LogP contribution in [0.5, 0.6) is 5.75 Å². The third kappa shape index (κ3) is 3.99. The second-order valence-electron chi connectivity index (χ2n) is 6.14. The normalized spacial score (nSPS) is 22.1. The Labute approximate surface area is 128 Å². The Balaban J connectivity index is 2.03. The van der Waals surface area contributed by atoms with E-state index < -0.39 is 0 Å². The zero-order valence-corrected chi connectivity index (χ0v) is 13.5. The lowest BCUT2D eigenvalue weighted by Crippen LogP contribution is -2.35. The number of Topliss-reactive ketones (excluding diaryl/α,β-unsaturated/α-hetero) is 1. The molecule has 1 aliphatic rings. The van der Waals surface area contributed by atoms with Crippen molar-refractivity contribution < 1.29 is 9.53 Å². The van der Waals surface area contributed by atoms with Crippen LogP contribution in [0.15, 0.2) is 24.3 Å². The fraction of sp³-hybridized carbons (Fsp3) is 0.611. The standard InChI is InChI=1S/C18H27NO2/c1-4-7-14-10-11-17(20)15(12-14)13-19(2)16-8-5-6-9-18(16)21-3/h5-6,8-9,14-15H,4,7,10-13H2,1-3H3. The monoisotopic (exact) mass is 289 g/mol. The lowest BCUT2D eigenvalue weighted by molar-refractivity contribution is -0.125. The Bertz CT molecular complexity index is 472. The smallest absolute Gasteiger partial charge is 0.142 e. The summed E-state index contributed by atoms with van der Waals surface area (Å²) in [4.78, 5) is 14.4. The van der Waals surface area contributed by atoms with E-state index in [1.807, 2.05) is 18.2 Å². The fourth-order valence-corrected chi connectivity index (χ4v) is 3.42. The van der Waals surface area contributed by atoms with Gasteiger partial charge in [0, 0.05) is 25.9 Å². The van der Waals surface area contributed by atoms with Crippen molar-refractivity contribution in [2.75, 3.05) is 25.6 Å². The summed E-state index contributed by atoms with van der Waals surface area (Å²) >= 11 is 0. The minimum atomic E-state index is 0.171. The fourth-order valence-electron chi connectivity index (χ4n) is 3.42. The van der Waals surface area contributed by atoms with Crippen molar-refractivity contribution in [1.29, 1.82) is 0 Å². The average molecular weight is 289 g/mol. The molecule has 0 radical (unpaired) electrons. The van der Waals surface area contributed by atoms with Crippen LogP contribution in [-0.4, -0.2) is 26.5 Å². The number of carbonyl (C=O) groups is 1. The van der Waals surface area contributed by atoms with Crippen molar-refractivity contribution in [3.05, 3.63) is 24.3 Å². The molecule has 0 N–H and O–H groups in total. The first-order chi connectivity index (χ1) is 10.2. The van der Waals surface area contributed by atoms with Gasteiger partial charge in [-0.05, 0) is 30.9 Å². The summed E-state index contributed by atoms with van der Waals surface area (Å²) in [7, 11) is 3.74. The zero-order valence-electron chi connectivity index (χ0n) is 13.5. The molecular formula is C18H27NO2. The highest BCUT2D eigenvalue weighted by Gasteiger charge is 2.29. The molecule has 3 heteroatoms. The van der Waals surface area contributed by atoms with Crippen LogP contribution in [0.2, 0.25) is 0 Å². The van der Waals surface area contributed by atoms with Gasteiger partial charge < -0.3 is 9.64 Å². The number of methoxy groups -OCH3 is 1. The van der Waals surface area contributed by atoms with E-state index in [1.54, 1.807) is 7.11 Å². The van der Waals surface area contributed by atoms with Gasteiger partial charge in [-0.2, -0.15) is 0 Å². The molecule has 1 fully saturated rings. The van der Waals surface area contributed by atoms with E-state index in [4.69, 9.17) is 4.74 Å². The Morgan fingerprint density at radius 3 is 2.81 bits per heavy atom. The van der Waals surface area contributed by atoms with Gasteiger partial charge in [0.15, 0.2) is 0 Å². The van der Waals surface area contributed by atoms with Crippen LogP contribution in [0.1, 0.15) is 39.0 Å². The van der Waals surface area contributed by atoms with Crippen molar-refractivity contribution in [3.63, 3.8) is 0 Å². The predicted molar refractivity (Wildman–Crippen MR) is 87.0 cm³/mol. The molecule has 1 aliphatic carbocycles. The van der Waals surface area contributed by atoms with Gasteiger partial charge in [0.05, 0.1) is 12.8 Å². The topological polar surface area (TPSA) is 29.5 Å². The number of rotatable bonds is 6. The Hall–Kier alpha value is -1.51. The summed E-state index contributed by atoms with van der Waals surface area (Å²) in [6.45, 7) is 3.02. The molecule has 0 spiro atoms. The number of hydrogen-bond donors (Lipinski definition) is 0. The molecule has 21 heavy (non-hydrogen) atoms. The average Bonchev–Trinajstić information content (AvgIpc) is 2.50. The molecule has 0 saturated heterocycles. The largest absolute Gasteiger partial charge is 0.495 e. The van der Waals surface area contributed by atoms with Gasteiger partial charge in [-0.25, -0.2) is 0 Å². The van der Waals surface area contributed by atoms with E-state index in [-0.39, 0.29) is 5.92 Å². The lowest BCUT2D eigenvalue weighted by Gasteiger charge is -2.32. The molecule has 3 nitrogen and oxygen atoms in total. The Morgan fingerprint density at radius 2 is 2.10 bits per heavy atom. The molecule has 0 aromatic heterocycles. The maximum Gasteiger partial charge on any atom is 0.142 e. The summed E-state index contributed by atoms with van der Waals surface area (Å²) in [5, 5.41) is 0.